The Hall–Kier alpha value is -1.11. The summed E-state index contributed by atoms with van der Waals surface area (Å²) in [5.41, 5.74) is 4.62. The van der Waals surface area contributed by atoms with Gasteiger partial charge in [-0.15, -0.1) is 5.73 Å². The second-order valence-electron chi connectivity index (χ2n) is 8.83. The van der Waals surface area contributed by atoms with Crippen molar-refractivity contribution in [3.63, 3.8) is 0 Å². The third-order valence-corrected chi connectivity index (χ3v) is 8.51. The number of hydrogen-bond acceptors (Lipinski definition) is 2. The maximum atomic E-state index is 11.8. The number of ether oxygens (including phenoxy) is 1. The fourth-order valence-electron chi connectivity index (χ4n) is 7.51. The highest BCUT2D eigenvalue weighted by molar-refractivity contribution is 5.91. The van der Waals surface area contributed by atoms with Gasteiger partial charge in [0.1, 0.15) is 0 Å². The van der Waals surface area contributed by atoms with Gasteiger partial charge in [0.15, 0.2) is 5.78 Å². The molecule has 0 aromatic rings. The first kappa shape index (κ1) is 17.3. The molecule has 0 aromatic heterocycles. The maximum absolute atomic E-state index is 11.8. The summed E-state index contributed by atoms with van der Waals surface area (Å²) >= 11 is 0. The minimum atomic E-state index is -0.169. The predicted octanol–water partition coefficient (Wildman–Crippen LogP) is 5.24. The molecule has 0 amide bonds. The summed E-state index contributed by atoms with van der Waals surface area (Å²) < 4.78 is 6.19. The van der Waals surface area contributed by atoms with Crippen molar-refractivity contribution < 1.29 is 9.53 Å². The van der Waals surface area contributed by atoms with E-state index in [0.29, 0.717) is 11.7 Å². The van der Waals surface area contributed by atoms with Crippen LogP contribution in [0.3, 0.4) is 0 Å². The first-order valence-electron chi connectivity index (χ1n) is 10.3. The van der Waals surface area contributed by atoms with Crippen LogP contribution in [0.5, 0.6) is 0 Å². The Kier molecular flexibility index (Phi) is 4.33. The fourth-order valence-corrected chi connectivity index (χ4v) is 7.51. The summed E-state index contributed by atoms with van der Waals surface area (Å²) in [6, 6.07) is 0. The van der Waals surface area contributed by atoms with E-state index in [0.717, 1.165) is 43.4 Å². The molecule has 3 saturated carbocycles. The summed E-state index contributed by atoms with van der Waals surface area (Å²) in [5.74, 6) is 3.38. The molecule has 2 nitrogen and oxygen atoms in total. The molecule has 0 spiro atoms. The summed E-state index contributed by atoms with van der Waals surface area (Å²) in [4.78, 5) is 11.8. The molecule has 0 aliphatic heterocycles. The topological polar surface area (TPSA) is 26.3 Å². The molecule has 0 saturated heterocycles. The summed E-state index contributed by atoms with van der Waals surface area (Å²) in [7, 11) is 1.88. The van der Waals surface area contributed by atoms with Crippen molar-refractivity contribution in [3.05, 3.63) is 30.0 Å². The third-order valence-electron chi connectivity index (χ3n) is 8.51. The Labute approximate surface area is 152 Å². The van der Waals surface area contributed by atoms with Crippen LogP contribution in [0.15, 0.2) is 30.0 Å². The van der Waals surface area contributed by atoms with Crippen LogP contribution < -0.4 is 0 Å². The summed E-state index contributed by atoms with van der Waals surface area (Å²) in [6.45, 7) is 6.22. The zero-order valence-corrected chi connectivity index (χ0v) is 15.9. The molecule has 3 fully saturated rings. The van der Waals surface area contributed by atoms with Gasteiger partial charge >= 0.3 is 0 Å². The van der Waals surface area contributed by atoms with E-state index < -0.39 is 0 Å². The van der Waals surface area contributed by atoms with Crippen LogP contribution >= 0.6 is 0 Å². The Morgan fingerprint density at radius 2 is 2.08 bits per heavy atom. The number of methoxy groups -OCH3 is 1. The van der Waals surface area contributed by atoms with E-state index in [1.165, 1.54) is 37.7 Å². The van der Waals surface area contributed by atoms with E-state index in [9.17, 15) is 4.79 Å². The highest BCUT2D eigenvalue weighted by atomic mass is 16.5. The van der Waals surface area contributed by atoms with E-state index in [1.54, 1.807) is 0 Å². The molecule has 0 bridgehead atoms. The first-order chi connectivity index (χ1) is 12.1. The number of hydrogen-bond donors (Lipinski definition) is 0. The van der Waals surface area contributed by atoms with Gasteiger partial charge in [-0.3, -0.25) is 4.79 Å². The van der Waals surface area contributed by atoms with Gasteiger partial charge in [-0.1, -0.05) is 19.1 Å². The second-order valence-corrected chi connectivity index (χ2v) is 8.83. The number of fused-ring (bicyclic) bond motifs is 5. The van der Waals surface area contributed by atoms with Crippen LogP contribution in [0.25, 0.3) is 0 Å². The van der Waals surface area contributed by atoms with Crippen molar-refractivity contribution in [1.29, 1.82) is 0 Å². The summed E-state index contributed by atoms with van der Waals surface area (Å²) in [5, 5.41) is 0. The SMILES string of the molecule is C=C=C[C@]1(OC)CC[C@H]2[C@@H]3CCC4=CC(=O)CC[C@@H]4[C@H]3CC[C@@]21CC. The standard InChI is InChI=1S/C23H32O2/c1-4-12-23(25-3)14-11-21-20-8-6-16-15-17(24)7-9-18(16)19(20)10-13-22(21,23)5-2/h12,15,18-21H,1,5-11,13-14H2,2-3H3/t18-,19+,20+,21-,22-,23-/m0/s1. The maximum Gasteiger partial charge on any atom is 0.155 e. The molecule has 136 valence electrons. The van der Waals surface area contributed by atoms with Crippen LogP contribution in [0.1, 0.15) is 64.7 Å². The molecule has 0 unspecified atom stereocenters. The molecule has 4 aliphatic carbocycles. The van der Waals surface area contributed by atoms with Gasteiger partial charge in [-0.25, -0.2) is 0 Å². The lowest BCUT2D eigenvalue weighted by Crippen LogP contribution is -2.54. The van der Waals surface area contributed by atoms with E-state index in [1.807, 2.05) is 13.2 Å². The minimum absolute atomic E-state index is 0.169. The van der Waals surface area contributed by atoms with Crippen molar-refractivity contribution >= 4 is 5.78 Å². The van der Waals surface area contributed by atoms with E-state index in [-0.39, 0.29) is 11.0 Å². The molecule has 0 radical (unpaired) electrons. The molecule has 0 N–H and O–H groups in total. The molecule has 25 heavy (non-hydrogen) atoms. The van der Waals surface area contributed by atoms with Crippen LogP contribution in [-0.2, 0) is 9.53 Å². The number of allylic oxidation sites excluding steroid dienone is 1. The van der Waals surface area contributed by atoms with Gasteiger partial charge in [0.25, 0.3) is 0 Å². The zero-order valence-electron chi connectivity index (χ0n) is 15.9. The zero-order chi connectivity index (χ0) is 17.7. The van der Waals surface area contributed by atoms with E-state index in [2.05, 4.69) is 25.3 Å². The summed E-state index contributed by atoms with van der Waals surface area (Å²) in [6.07, 6.45) is 14.5. The lowest BCUT2D eigenvalue weighted by Gasteiger charge is -2.57. The number of rotatable bonds is 3. The van der Waals surface area contributed by atoms with Crippen molar-refractivity contribution in [3.8, 4) is 0 Å². The molecular weight excluding hydrogens is 308 g/mol. The Bertz CT molecular complexity index is 640. The highest BCUT2D eigenvalue weighted by Crippen LogP contribution is 2.67. The van der Waals surface area contributed by atoms with Gasteiger partial charge in [-0.05, 0) is 87.2 Å². The van der Waals surface area contributed by atoms with Crippen molar-refractivity contribution in [1.82, 2.24) is 0 Å². The monoisotopic (exact) mass is 340 g/mol. The van der Waals surface area contributed by atoms with E-state index in [4.69, 9.17) is 4.74 Å². The number of carbonyl (C=O) groups is 1. The van der Waals surface area contributed by atoms with Crippen LogP contribution in [0.4, 0.5) is 0 Å². The Balaban J connectivity index is 1.69. The largest absolute Gasteiger partial charge is 0.373 e. The average molecular weight is 341 g/mol. The molecule has 6 atom stereocenters. The average Bonchev–Trinajstić information content (AvgIpc) is 2.96. The van der Waals surface area contributed by atoms with Gasteiger partial charge in [0.2, 0.25) is 0 Å². The highest BCUT2D eigenvalue weighted by Gasteiger charge is 2.63. The normalized spacial score (nSPS) is 45.7. The molecule has 4 aliphatic rings. The van der Waals surface area contributed by atoms with Gasteiger partial charge in [0.05, 0.1) is 5.60 Å². The van der Waals surface area contributed by atoms with Gasteiger partial charge in [0, 0.05) is 18.9 Å². The Morgan fingerprint density at radius 3 is 2.80 bits per heavy atom. The lowest BCUT2D eigenvalue weighted by atomic mass is 9.49. The molecule has 4 rings (SSSR count). The smallest absolute Gasteiger partial charge is 0.155 e. The quantitative estimate of drug-likeness (QED) is 0.656. The first-order valence-corrected chi connectivity index (χ1v) is 10.3. The van der Waals surface area contributed by atoms with E-state index >= 15 is 0 Å². The third kappa shape index (κ3) is 2.30. The van der Waals surface area contributed by atoms with Crippen LogP contribution in [0, 0.1) is 29.1 Å². The van der Waals surface area contributed by atoms with Crippen molar-refractivity contribution in [2.75, 3.05) is 7.11 Å². The van der Waals surface area contributed by atoms with Gasteiger partial charge in [-0.2, -0.15) is 0 Å². The lowest BCUT2D eigenvalue weighted by molar-refractivity contribution is -0.124. The number of carbonyl (C=O) groups excluding carboxylic acids is 1. The minimum Gasteiger partial charge on any atom is -0.373 e. The second kappa shape index (κ2) is 6.25. The molecule has 0 heterocycles. The number of ketones is 1. The Morgan fingerprint density at radius 1 is 1.24 bits per heavy atom. The molecule has 0 aromatic carbocycles. The van der Waals surface area contributed by atoms with Crippen molar-refractivity contribution in [2.24, 2.45) is 29.1 Å². The van der Waals surface area contributed by atoms with Gasteiger partial charge < -0.3 is 4.74 Å². The molecular formula is C23H32O2. The predicted molar refractivity (Wildman–Crippen MR) is 100 cm³/mol. The molecule has 2 heteroatoms. The fraction of sp³-hybridized carbons (Fsp3) is 0.739. The van der Waals surface area contributed by atoms with Crippen LogP contribution in [0.2, 0.25) is 0 Å². The van der Waals surface area contributed by atoms with Crippen LogP contribution in [-0.4, -0.2) is 18.5 Å². The van der Waals surface area contributed by atoms with Crippen molar-refractivity contribution in [2.45, 2.75) is 70.3 Å².